The first-order valence-corrected chi connectivity index (χ1v) is 7.75. The number of anilines is 1. The van der Waals surface area contributed by atoms with E-state index >= 15 is 0 Å². The molecular weight excluding hydrogens is 299 g/mol. The molecule has 1 N–H and O–H groups in total. The van der Waals surface area contributed by atoms with Crippen LogP contribution in [-0.2, 0) is 6.54 Å². The molecule has 0 unspecified atom stereocenters. The molecule has 0 aliphatic rings. The maximum absolute atomic E-state index is 12.7. The van der Waals surface area contributed by atoms with Crippen molar-refractivity contribution in [2.24, 2.45) is 0 Å². The average molecular weight is 323 g/mol. The lowest BCUT2D eigenvalue weighted by Gasteiger charge is -2.27. The maximum Gasteiger partial charge on any atom is 0.406 e. The number of rotatable bonds is 5. The summed E-state index contributed by atoms with van der Waals surface area (Å²) in [5, 5.41) is 3.77. The lowest BCUT2D eigenvalue weighted by Crippen LogP contribution is -2.39. The average Bonchev–Trinajstić information content (AvgIpc) is 2.62. The molecule has 0 aromatic carbocycles. The molecule has 1 rings (SSSR count). The van der Waals surface area contributed by atoms with Gasteiger partial charge in [-0.2, -0.15) is 13.2 Å². The van der Waals surface area contributed by atoms with Gasteiger partial charge < -0.3 is 10.2 Å². The molecule has 0 aliphatic carbocycles. The molecule has 0 fully saturated rings. The van der Waals surface area contributed by atoms with Gasteiger partial charge >= 0.3 is 6.18 Å². The van der Waals surface area contributed by atoms with Gasteiger partial charge in [-0.05, 0) is 41.5 Å². The van der Waals surface area contributed by atoms with Crippen LogP contribution >= 0.6 is 11.3 Å². The molecule has 0 amide bonds. The standard InChI is InChI=1S/C14H24F3N3S/c1-9(2)20(8-14(15,16)17)12-19-10(3)11(21-12)7-18-13(4,5)6/h9,18H,7-8H2,1-6H3. The molecule has 1 aromatic heterocycles. The van der Waals surface area contributed by atoms with Crippen LogP contribution in [0.25, 0.3) is 0 Å². The molecule has 0 saturated carbocycles. The largest absolute Gasteiger partial charge is 0.406 e. The SMILES string of the molecule is Cc1nc(N(CC(F)(F)F)C(C)C)sc1CNC(C)(C)C. The fourth-order valence-electron chi connectivity index (χ4n) is 1.71. The number of aromatic nitrogens is 1. The van der Waals surface area contributed by atoms with Crippen LogP contribution in [-0.4, -0.2) is 29.3 Å². The number of hydrogen-bond acceptors (Lipinski definition) is 4. The summed E-state index contributed by atoms with van der Waals surface area (Å²) in [6, 6.07) is -0.249. The number of hydrogen-bond donors (Lipinski definition) is 1. The summed E-state index contributed by atoms with van der Waals surface area (Å²) in [6.07, 6.45) is -4.23. The molecule has 0 saturated heterocycles. The third kappa shape index (κ3) is 6.22. The molecule has 3 nitrogen and oxygen atoms in total. The Morgan fingerprint density at radius 3 is 2.24 bits per heavy atom. The minimum Gasteiger partial charge on any atom is -0.337 e. The van der Waals surface area contributed by atoms with Gasteiger partial charge in [-0.1, -0.05) is 0 Å². The molecule has 1 aromatic rings. The van der Waals surface area contributed by atoms with Crippen LogP contribution in [0.15, 0.2) is 0 Å². The lowest BCUT2D eigenvalue weighted by molar-refractivity contribution is -0.120. The number of halogens is 3. The van der Waals surface area contributed by atoms with Crippen LogP contribution in [0.4, 0.5) is 18.3 Å². The first kappa shape index (κ1) is 18.2. The predicted octanol–water partition coefficient (Wildman–Crippen LogP) is 4.12. The van der Waals surface area contributed by atoms with E-state index in [1.807, 2.05) is 27.7 Å². The van der Waals surface area contributed by atoms with Crippen molar-refractivity contribution in [1.82, 2.24) is 10.3 Å². The van der Waals surface area contributed by atoms with E-state index in [0.717, 1.165) is 10.6 Å². The zero-order valence-electron chi connectivity index (χ0n) is 13.4. The Labute approximate surface area is 128 Å². The first-order valence-electron chi connectivity index (χ1n) is 6.94. The van der Waals surface area contributed by atoms with Crippen LogP contribution in [0, 0.1) is 6.92 Å². The lowest BCUT2D eigenvalue weighted by atomic mass is 10.1. The summed E-state index contributed by atoms with van der Waals surface area (Å²) < 4.78 is 38.1. The van der Waals surface area contributed by atoms with Crippen LogP contribution in [0.2, 0.25) is 0 Å². The fraction of sp³-hybridized carbons (Fsp3) is 0.786. The number of nitrogens with zero attached hydrogens (tertiary/aromatic N) is 2. The van der Waals surface area contributed by atoms with Gasteiger partial charge in [-0.3, -0.25) is 0 Å². The Balaban J connectivity index is 2.91. The van der Waals surface area contributed by atoms with E-state index in [9.17, 15) is 13.2 Å². The van der Waals surface area contributed by atoms with E-state index in [-0.39, 0.29) is 11.6 Å². The summed E-state index contributed by atoms with van der Waals surface area (Å²) in [5.41, 5.74) is 0.750. The van der Waals surface area contributed by atoms with Crippen LogP contribution < -0.4 is 10.2 Å². The van der Waals surface area contributed by atoms with Crippen molar-refractivity contribution in [3.63, 3.8) is 0 Å². The molecule has 0 bridgehead atoms. The van der Waals surface area contributed by atoms with Gasteiger partial charge in [0.15, 0.2) is 5.13 Å². The highest BCUT2D eigenvalue weighted by Crippen LogP contribution is 2.30. The van der Waals surface area contributed by atoms with Gasteiger partial charge in [0.2, 0.25) is 0 Å². The summed E-state index contributed by atoms with van der Waals surface area (Å²) in [6.45, 7) is 11.1. The van der Waals surface area contributed by atoms with Crippen molar-refractivity contribution in [3.8, 4) is 0 Å². The summed E-state index contributed by atoms with van der Waals surface area (Å²) in [5.74, 6) is 0. The van der Waals surface area contributed by atoms with E-state index in [1.165, 1.54) is 16.2 Å². The molecule has 0 atom stereocenters. The van der Waals surface area contributed by atoms with E-state index < -0.39 is 12.7 Å². The predicted molar refractivity (Wildman–Crippen MR) is 82.0 cm³/mol. The van der Waals surface area contributed by atoms with Crippen molar-refractivity contribution >= 4 is 16.5 Å². The molecule has 1 heterocycles. The second kappa shape index (κ2) is 6.52. The van der Waals surface area contributed by atoms with Crippen LogP contribution in [0.5, 0.6) is 0 Å². The normalized spacial score (nSPS) is 13.0. The van der Waals surface area contributed by atoms with Crippen molar-refractivity contribution in [1.29, 1.82) is 0 Å². The van der Waals surface area contributed by atoms with Gasteiger partial charge in [-0.25, -0.2) is 4.98 Å². The third-order valence-electron chi connectivity index (χ3n) is 2.88. The molecule has 0 radical (unpaired) electrons. The van der Waals surface area contributed by atoms with Crippen LogP contribution in [0.1, 0.15) is 45.2 Å². The molecule has 0 spiro atoms. The van der Waals surface area contributed by atoms with E-state index in [1.54, 1.807) is 13.8 Å². The Kier molecular flexibility index (Phi) is 5.66. The Morgan fingerprint density at radius 2 is 1.81 bits per heavy atom. The van der Waals surface area contributed by atoms with Crippen molar-refractivity contribution in [2.45, 2.75) is 65.8 Å². The highest BCUT2D eigenvalue weighted by atomic mass is 32.1. The smallest absolute Gasteiger partial charge is 0.337 e. The zero-order chi connectivity index (χ0) is 16.4. The summed E-state index contributed by atoms with van der Waals surface area (Å²) >= 11 is 1.33. The van der Waals surface area contributed by atoms with Gasteiger partial charge in [0.25, 0.3) is 0 Å². The summed E-state index contributed by atoms with van der Waals surface area (Å²) in [4.78, 5) is 6.60. The minimum atomic E-state index is -4.23. The van der Waals surface area contributed by atoms with Crippen molar-refractivity contribution in [3.05, 3.63) is 10.6 Å². The van der Waals surface area contributed by atoms with Crippen LogP contribution in [0.3, 0.4) is 0 Å². The van der Waals surface area contributed by atoms with Gasteiger partial charge in [-0.15, -0.1) is 11.3 Å². The number of nitrogens with one attached hydrogen (secondary N) is 1. The molecule has 21 heavy (non-hydrogen) atoms. The monoisotopic (exact) mass is 323 g/mol. The molecule has 7 heteroatoms. The molecule has 0 aliphatic heterocycles. The van der Waals surface area contributed by atoms with Gasteiger partial charge in [0.05, 0.1) is 5.69 Å². The maximum atomic E-state index is 12.7. The van der Waals surface area contributed by atoms with E-state index in [0.29, 0.717) is 11.7 Å². The van der Waals surface area contributed by atoms with Crippen molar-refractivity contribution in [2.75, 3.05) is 11.4 Å². The Morgan fingerprint density at radius 1 is 1.24 bits per heavy atom. The topological polar surface area (TPSA) is 28.2 Å². The van der Waals surface area contributed by atoms with Gasteiger partial charge in [0, 0.05) is 23.0 Å². The number of thiazole rings is 1. The second-order valence-corrected chi connectivity index (χ2v) is 7.51. The summed E-state index contributed by atoms with van der Waals surface area (Å²) in [7, 11) is 0. The Bertz CT molecular complexity index is 461. The Hall–Kier alpha value is -0.820. The van der Waals surface area contributed by atoms with E-state index in [2.05, 4.69) is 10.3 Å². The molecular formula is C14H24F3N3S. The van der Waals surface area contributed by atoms with Crippen molar-refractivity contribution < 1.29 is 13.2 Å². The number of aryl methyl sites for hydroxylation is 1. The quantitative estimate of drug-likeness (QED) is 0.883. The zero-order valence-corrected chi connectivity index (χ0v) is 14.2. The fourth-order valence-corrected chi connectivity index (χ4v) is 2.84. The third-order valence-corrected chi connectivity index (χ3v) is 4.07. The number of alkyl halides is 3. The first-order chi connectivity index (χ1) is 9.39. The van der Waals surface area contributed by atoms with Gasteiger partial charge in [0.1, 0.15) is 6.54 Å². The van der Waals surface area contributed by atoms with E-state index in [4.69, 9.17) is 0 Å². The highest BCUT2D eigenvalue weighted by Gasteiger charge is 2.33. The highest BCUT2D eigenvalue weighted by molar-refractivity contribution is 7.15. The second-order valence-electron chi connectivity index (χ2n) is 6.45. The minimum absolute atomic E-state index is 0.0414. The molecule has 122 valence electrons.